The molecular formula is C42H12. The third-order valence-corrected chi connectivity index (χ3v) is 5.86. The number of hydrogen-bond acceptors (Lipinski definition) is 0. The first-order valence-electron chi connectivity index (χ1n) is 12.0. The highest BCUT2D eigenvalue weighted by molar-refractivity contribution is 5.52. The van der Waals surface area contributed by atoms with Gasteiger partial charge < -0.3 is 0 Å². The van der Waals surface area contributed by atoms with E-state index in [1.165, 1.54) is 0 Å². The van der Waals surface area contributed by atoms with Crippen molar-refractivity contribution in [2.45, 2.75) is 0 Å². The topological polar surface area (TPSA) is 0 Å². The molecule has 0 radical (unpaired) electrons. The Balaban J connectivity index is 2.68. The van der Waals surface area contributed by atoms with Crippen molar-refractivity contribution in [2.75, 3.05) is 0 Å². The number of terminal acetylenes is 6. The van der Waals surface area contributed by atoms with Gasteiger partial charge in [0.25, 0.3) is 0 Å². The molecule has 3 aromatic rings. The fraction of sp³-hybridized carbons (Fsp3) is 0. The van der Waals surface area contributed by atoms with Crippen molar-refractivity contribution in [3.05, 3.63) is 135 Å². The molecule has 0 fully saturated rings. The highest BCUT2D eigenvalue weighted by Gasteiger charge is 2.00. The fourth-order valence-corrected chi connectivity index (χ4v) is 3.87. The quantitative estimate of drug-likeness (QED) is 0.241. The van der Waals surface area contributed by atoms with Gasteiger partial charge in [0.15, 0.2) is 0 Å². The number of fused-ring (bicyclic) bond motifs is 3. The molecular weight excluding hydrogens is 504 g/mol. The second kappa shape index (κ2) is 12.8. The van der Waals surface area contributed by atoms with Crippen molar-refractivity contribution in [3.63, 3.8) is 0 Å². The predicted octanol–water partition coefficient (Wildman–Crippen LogP) is 0.864. The molecule has 0 saturated carbocycles. The van der Waals surface area contributed by atoms with Crippen LogP contribution in [-0.2, 0) is 0 Å². The van der Waals surface area contributed by atoms with Gasteiger partial charge in [0.05, 0.1) is 31.3 Å². The lowest BCUT2D eigenvalue weighted by atomic mass is 10.1. The van der Waals surface area contributed by atoms with E-state index in [4.69, 9.17) is 38.5 Å². The van der Waals surface area contributed by atoms with Gasteiger partial charge in [0.2, 0.25) is 0 Å². The maximum absolute atomic E-state index is 5.76. The first-order chi connectivity index (χ1) is 20.6. The summed E-state index contributed by atoms with van der Waals surface area (Å²) in [7, 11) is 0. The van der Waals surface area contributed by atoms with Crippen LogP contribution in [-0.4, -0.2) is 0 Å². The monoisotopic (exact) mass is 516 g/mol. The Morgan fingerprint density at radius 1 is 0.286 bits per heavy atom. The Hall–Kier alpha value is -7.62. The summed E-state index contributed by atoms with van der Waals surface area (Å²) in [5, 5.41) is 2.65. The van der Waals surface area contributed by atoms with E-state index in [2.05, 4.69) is 104 Å². The largest absolute Gasteiger partial charge is 0.115 e. The van der Waals surface area contributed by atoms with E-state index in [0.29, 0.717) is 64.7 Å². The van der Waals surface area contributed by atoms with E-state index in [0.717, 1.165) is 0 Å². The lowest BCUT2D eigenvalue weighted by Gasteiger charge is -1.94. The van der Waals surface area contributed by atoms with E-state index in [9.17, 15) is 0 Å². The lowest BCUT2D eigenvalue weighted by Crippen LogP contribution is -2.29. The van der Waals surface area contributed by atoms with E-state index in [-0.39, 0.29) is 0 Å². The van der Waals surface area contributed by atoms with Crippen molar-refractivity contribution >= 4 is 34.4 Å². The Kier molecular flexibility index (Phi) is 8.33. The van der Waals surface area contributed by atoms with E-state index in [1.54, 1.807) is 36.4 Å². The highest BCUT2D eigenvalue weighted by Crippen LogP contribution is 1.93. The summed E-state index contributed by atoms with van der Waals surface area (Å²) in [6.07, 6.45) is 34.5. The Morgan fingerprint density at radius 3 is 0.548 bits per heavy atom. The van der Waals surface area contributed by atoms with Gasteiger partial charge in [0.1, 0.15) is 0 Å². The van der Waals surface area contributed by atoms with Gasteiger partial charge in [-0.3, -0.25) is 0 Å². The molecule has 0 heterocycles. The molecule has 0 saturated heterocycles. The fourth-order valence-electron chi connectivity index (χ4n) is 3.87. The maximum Gasteiger partial charge on any atom is 0.0581 e. The third-order valence-electron chi connectivity index (χ3n) is 5.86. The van der Waals surface area contributed by atoms with Crippen LogP contribution >= 0.6 is 0 Å². The average molecular weight is 517 g/mol. The molecule has 4 rings (SSSR count). The van der Waals surface area contributed by atoms with E-state index >= 15 is 0 Å². The van der Waals surface area contributed by atoms with Crippen LogP contribution in [0.4, 0.5) is 0 Å². The minimum absolute atomic E-state index is 0.442. The molecule has 1 aliphatic rings. The summed E-state index contributed by atoms with van der Waals surface area (Å²) >= 11 is 0. The molecule has 0 heteroatoms. The van der Waals surface area contributed by atoms with Crippen molar-refractivity contribution in [2.24, 2.45) is 0 Å². The van der Waals surface area contributed by atoms with Crippen LogP contribution in [0.5, 0.6) is 0 Å². The average Bonchev–Trinajstić information content (AvgIpc) is 3.02. The zero-order valence-electron chi connectivity index (χ0n) is 21.9. The van der Waals surface area contributed by atoms with Crippen molar-refractivity contribution in [3.8, 4) is 74.1 Å². The number of hydrogen-bond donors (Lipinski definition) is 0. The molecule has 0 N–H and O–H groups in total. The molecule has 0 aliphatic heterocycles. The normalized spacial score (nSPS) is 9.29. The van der Waals surface area contributed by atoms with Crippen LogP contribution in [0, 0.1) is 74.1 Å². The number of benzene rings is 3. The van der Waals surface area contributed by atoms with Gasteiger partial charge in [-0.05, 0) is 70.8 Å². The molecule has 0 bridgehead atoms. The minimum Gasteiger partial charge on any atom is -0.115 e. The summed E-state index contributed by atoms with van der Waals surface area (Å²) in [5.74, 6) is 15.7. The van der Waals surface area contributed by atoms with Crippen molar-refractivity contribution in [1.82, 2.24) is 0 Å². The summed E-state index contributed by atoms with van der Waals surface area (Å²) in [6, 6.07) is 10.2. The molecule has 0 spiro atoms. The molecule has 0 nitrogen and oxygen atoms in total. The minimum atomic E-state index is 0.442. The Labute approximate surface area is 243 Å². The van der Waals surface area contributed by atoms with Gasteiger partial charge in [-0.15, -0.1) is 38.5 Å². The van der Waals surface area contributed by atoms with Crippen LogP contribution in [0.2, 0.25) is 0 Å². The van der Waals surface area contributed by atoms with Crippen LogP contribution in [0.1, 0.15) is 33.4 Å². The first-order valence-corrected chi connectivity index (χ1v) is 12.0. The predicted molar refractivity (Wildman–Crippen MR) is 166 cm³/mol. The standard InChI is InChI=1S/C42H12/c1-7-31-25-26-32(8-2)38-20-15-16-22-40-34(10-4)29-30-36(12-6)42(40)24-18-17-23-41-35(11-5)28-27-33(9-3)39(41)21-14-13-19-37(31)38/h1-6,25-30H. The summed E-state index contributed by atoms with van der Waals surface area (Å²) in [6.45, 7) is 0. The summed E-state index contributed by atoms with van der Waals surface area (Å²) in [5.41, 5.74) is 37.9. The SMILES string of the molecule is C#Cc1ccc(C#C)c2c1=C=C=C=C=c1c(C#C)ccc(C#C)c1=C=C=C=C=c1c(C#C)ccc(C#C)c1=C=C=C=C=2. The lowest BCUT2D eigenvalue weighted by molar-refractivity contribution is 1.45. The summed E-state index contributed by atoms with van der Waals surface area (Å²) in [4.78, 5) is 0. The molecule has 1 aliphatic carbocycles. The van der Waals surface area contributed by atoms with Gasteiger partial charge in [-0.25, -0.2) is 0 Å². The second-order valence-electron chi connectivity index (χ2n) is 8.10. The molecule has 0 unspecified atom stereocenters. The molecule has 0 aromatic heterocycles. The molecule has 0 amide bonds. The zero-order chi connectivity index (χ0) is 29.9. The molecule has 3 aromatic carbocycles. The highest BCUT2D eigenvalue weighted by atomic mass is 14.0. The molecule has 180 valence electrons. The van der Waals surface area contributed by atoms with Crippen molar-refractivity contribution in [1.29, 1.82) is 0 Å². The van der Waals surface area contributed by atoms with Crippen molar-refractivity contribution < 1.29 is 0 Å². The zero-order valence-corrected chi connectivity index (χ0v) is 21.9. The van der Waals surface area contributed by atoms with E-state index < -0.39 is 0 Å². The van der Waals surface area contributed by atoms with Gasteiger partial charge in [-0.2, -0.15) is 0 Å². The first kappa shape index (κ1) is 27.4. The Bertz CT molecular complexity index is 2290. The maximum atomic E-state index is 5.76. The molecule has 42 heavy (non-hydrogen) atoms. The second-order valence-corrected chi connectivity index (χ2v) is 8.10. The van der Waals surface area contributed by atoms with Gasteiger partial charge in [0, 0.05) is 33.4 Å². The van der Waals surface area contributed by atoms with Crippen LogP contribution in [0.25, 0.3) is 34.4 Å². The third kappa shape index (κ3) is 5.47. The molecule has 0 atom stereocenters. The Morgan fingerprint density at radius 2 is 0.429 bits per heavy atom. The van der Waals surface area contributed by atoms with Gasteiger partial charge >= 0.3 is 0 Å². The summed E-state index contributed by atoms with van der Waals surface area (Å²) < 4.78 is 0. The smallest absolute Gasteiger partial charge is 0.0581 e. The van der Waals surface area contributed by atoms with Gasteiger partial charge in [-0.1, -0.05) is 69.9 Å². The van der Waals surface area contributed by atoms with Crippen LogP contribution in [0.3, 0.4) is 0 Å². The van der Waals surface area contributed by atoms with Crippen LogP contribution in [0.15, 0.2) is 70.8 Å². The van der Waals surface area contributed by atoms with E-state index in [1.807, 2.05) is 0 Å². The van der Waals surface area contributed by atoms with Crippen LogP contribution < -0.4 is 31.3 Å². The number of rotatable bonds is 0.